The Kier molecular flexibility index (Phi) is 4.31. The van der Waals surface area contributed by atoms with E-state index in [1.54, 1.807) is 31.4 Å². The number of benzene rings is 2. The second-order valence-electron chi connectivity index (χ2n) is 6.19. The van der Waals surface area contributed by atoms with Crippen LogP contribution in [0, 0.1) is 11.6 Å². The van der Waals surface area contributed by atoms with Crippen LogP contribution in [0.1, 0.15) is 18.2 Å². The molecule has 0 aliphatic carbocycles. The number of amides is 1. The lowest BCUT2D eigenvalue weighted by Gasteiger charge is -2.16. The minimum absolute atomic E-state index is 0.0842. The number of carbonyl (C=O) groups is 1. The van der Waals surface area contributed by atoms with Crippen LogP contribution < -0.4 is 9.64 Å². The fraction of sp³-hybridized carbons (Fsp3) is 0.211. The minimum atomic E-state index is -0.657. The van der Waals surface area contributed by atoms with Crippen LogP contribution in [0.3, 0.4) is 0 Å². The van der Waals surface area contributed by atoms with E-state index < -0.39 is 11.6 Å². The summed E-state index contributed by atoms with van der Waals surface area (Å²) in [7, 11) is 1.56. The van der Waals surface area contributed by atoms with E-state index in [2.05, 4.69) is 10.1 Å². The van der Waals surface area contributed by atoms with E-state index in [9.17, 15) is 13.6 Å². The van der Waals surface area contributed by atoms with Crippen LogP contribution in [0.5, 0.6) is 5.75 Å². The number of ether oxygens (including phenoxy) is 1. The van der Waals surface area contributed by atoms with E-state index in [0.29, 0.717) is 23.0 Å². The van der Waals surface area contributed by atoms with Crippen molar-refractivity contribution in [2.24, 2.45) is 0 Å². The van der Waals surface area contributed by atoms with Gasteiger partial charge < -0.3 is 14.2 Å². The Bertz CT molecular complexity index is 1010. The fourth-order valence-corrected chi connectivity index (χ4v) is 3.08. The Morgan fingerprint density at radius 1 is 1.22 bits per heavy atom. The van der Waals surface area contributed by atoms with Gasteiger partial charge in [-0.2, -0.15) is 4.98 Å². The third-order valence-corrected chi connectivity index (χ3v) is 4.45. The van der Waals surface area contributed by atoms with Crippen molar-refractivity contribution in [3.05, 3.63) is 59.9 Å². The molecule has 0 saturated carbocycles. The number of rotatable bonds is 4. The van der Waals surface area contributed by atoms with Gasteiger partial charge in [0.15, 0.2) is 5.82 Å². The summed E-state index contributed by atoms with van der Waals surface area (Å²) in [5.74, 6) is -0.665. The average molecular weight is 371 g/mol. The Morgan fingerprint density at radius 3 is 2.89 bits per heavy atom. The van der Waals surface area contributed by atoms with Crippen LogP contribution in [-0.2, 0) is 4.79 Å². The van der Waals surface area contributed by atoms with Gasteiger partial charge >= 0.3 is 0 Å². The van der Waals surface area contributed by atoms with Gasteiger partial charge in [-0.25, -0.2) is 8.78 Å². The summed E-state index contributed by atoms with van der Waals surface area (Å²) in [6.45, 7) is 0.149. The number of nitrogens with zero attached hydrogens (tertiary/aromatic N) is 3. The quantitative estimate of drug-likeness (QED) is 0.702. The number of anilines is 1. The standard InChI is InChI=1S/C19H15F2N3O3/c1-26-14-4-2-3-11(7-14)19-22-18(23-27-19)12-8-17(25)24(10-12)16-9-13(20)5-6-15(16)21/h2-7,9,12H,8,10H2,1H3. The van der Waals surface area contributed by atoms with Crippen LogP contribution >= 0.6 is 0 Å². The number of hydrogen-bond donors (Lipinski definition) is 0. The molecule has 138 valence electrons. The Morgan fingerprint density at radius 2 is 2.07 bits per heavy atom. The molecule has 6 nitrogen and oxygen atoms in total. The van der Waals surface area contributed by atoms with Crippen LogP contribution in [0.15, 0.2) is 47.0 Å². The molecule has 0 spiro atoms. The van der Waals surface area contributed by atoms with Gasteiger partial charge in [0.1, 0.15) is 17.4 Å². The van der Waals surface area contributed by atoms with Crippen LogP contribution in [0.2, 0.25) is 0 Å². The average Bonchev–Trinajstić information content (AvgIpc) is 3.31. The summed E-state index contributed by atoms with van der Waals surface area (Å²) in [5, 5.41) is 3.96. The zero-order valence-electron chi connectivity index (χ0n) is 14.4. The summed E-state index contributed by atoms with van der Waals surface area (Å²) >= 11 is 0. The summed E-state index contributed by atoms with van der Waals surface area (Å²) in [6, 6.07) is 10.2. The second-order valence-corrected chi connectivity index (χ2v) is 6.19. The molecule has 2 heterocycles. The minimum Gasteiger partial charge on any atom is -0.497 e. The highest BCUT2D eigenvalue weighted by molar-refractivity contribution is 5.96. The van der Waals surface area contributed by atoms with Crippen molar-refractivity contribution in [3.63, 3.8) is 0 Å². The van der Waals surface area contributed by atoms with Gasteiger partial charge in [-0.3, -0.25) is 4.79 Å². The highest BCUT2D eigenvalue weighted by Crippen LogP contribution is 2.33. The van der Waals surface area contributed by atoms with Crippen molar-refractivity contribution in [1.29, 1.82) is 0 Å². The smallest absolute Gasteiger partial charge is 0.258 e. The second kappa shape index (κ2) is 6.79. The zero-order chi connectivity index (χ0) is 19.0. The van der Waals surface area contributed by atoms with E-state index in [-0.39, 0.29) is 30.5 Å². The van der Waals surface area contributed by atoms with E-state index in [1.807, 2.05) is 0 Å². The summed E-state index contributed by atoms with van der Waals surface area (Å²) in [6.07, 6.45) is 0.0903. The lowest BCUT2D eigenvalue weighted by molar-refractivity contribution is -0.117. The number of hydrogen-bond acceptors (Lipinski definition) is 5. The van der Waals surface area contributed by atoms with Crippen LogP contribution in [0.4, 0.5) is 14.5 Å². The molecule has 1 aliphatic rings. The molecule has 1 fully saturated rings. The van der Waals surface area contributed by atoms with E-state index >= 15 is 0 Å². The van der Waals surface area contributed by atoms with Gasteiger partial charge in [-0.1, -0.05) is 11.2 Å². The van der Waals surface area contributed by atoms with E-state index in [1.165, 1.54) is 4.90 Å². The van der Waals surface area contributed by atoms with Gasteiger partial charge in [0.2, 0.25) is 5.91 Å². The molecule has 4 rings (SSSR count). The molecule has 27 heavy (non-hydrogen) atoms. The highest BCUT2D eigenvalue weighted by Gasteiger charge is 2.36. The predicted molar refractivity (Wildman–Crippen MR) is 92.4 cm³/mol. The van der Waals surface area contributed by atoms with Gasteiger partial charge in [0, 0.05) is 30.5 Å². The summed E-state index contributed by atoms with van der Waals surface area (Å²) in [5.41, 5.74) is 0.601. The number of halogens is 2. The molecule has 1 atom stereocenters. The zero-order valence-corrected chi connectivity index (χ0v) is 14.4. The molecule has 0 N–H and O–H groups in total. The van der Waals surface area contributed by atoms with Crippen molar-refractivity contribution < 1.29 is 22.8 Å². The molecule has 1 saturated heterocycles. The lowest BCUT2D eigenvalue weighted by Crippen LogP contribution is -2.25. The third-order valence-electron chi connectivity index (χ3n) is 4.45. The van der Waals surface area contributed by atoms with Gasteiger partial charge in [0.25, 0.3) is 5.89 Å². The molecule has 1 amide bonds. The third kappa shape index (κ3) is 3.25. The molecule has 1 unspecified atom stereocenters. The van der Waals surface area contributed by atoms with Crippen molar-refractivity contribution in [3.8, 4) is 17.2 Å². The lowest BCUT2D eigenvalue weighted by atomic mass is 10.1. The maximum absolute atomic E-state index is 14.0. The summed E-state index contributed by atoms with van der Waals surface area (Å²) in [4.78, 5) is 17.9. The van der Waals surface area contributed by atoms with Crippen LogP contribution in [-0.4, -0.2) is 29.7 Å². The van der Waals surface area contributed by atoms with Crippen molar-refractivity contribution >= 4 is 11.6 Å². The molecule has 1 aromatic heterocycles. The van der Waals surface area contributed by atoms with Crippen LogP contribution in [0.25, 0.3) is 11.5 Å². The molecular formula is C19H15F2N3O3. The molecule has 0 bridgehead atoms. The SMILES string of the molecule is COc1cccc(-c2nc(C3CC(=O)N(c4cc(F)ccc4F)C3)no2)c1. The number of carbonyl (C=O) groups excluding carboxylic acids is 1. The van der Waals surface area contributed by atoms with Gasteiger partial charge in [-0.15, -0.1) is 0 Å². The normalized spacial score (nSPS) is 16.8. The molecule has 2 aromatic carbocycles. The topological polar surface area (TPSA) is 68.5 Å². The first-order valence-electron chi connectivity index (χ1n) is 8.28. The first kappa shape index (κ1) is 17.1. The first-order valence-corrected chi connectivity index (χ1v) is 8.28. The summed E-state index contributed by atoms with van der Waals surface area (Å²) < 4.78 is 37.9. The predicted octanol–water partition coefficient (Wildman–Crippen LogP) is 3.54. The largest absolute Gasteiger partial charge is 0.497 e. The molecular weight excluding hydrogens is 356 g/mol. The van der Waals surface area contributed by atoms with Crippen molar-refractivity contribution in [1.82, 2.24) is 10.1 Å². The highest BCUT2D eigenvalue weighted by atomic mass is 19.1. The Labute approximate surface area is 153 Å². The van der Waals surface area contributed by atoms with E-state index in [0.717, 1.165) is 18.2 Å². The molecule has 8 heteroatoms. The molecule has 0 radical (unpaired) electrons. The van der Waals surface area contributed by atoms with E-state index in [4.69, 9.17) is 9.26 Å². The van der Waals surface area contributed by atoms with Crippen molar-refractivity contribution in [2.45, 2.75) is 12.3 Å². The number of aromatic nitrogens is 2. The fourth-order valence-electron chi connectivity index (χ4n) is 3.08. The van der Waals surface area contributed by atoms with Gasteiger partial charge in [0.05, 0.1) is 12.8 Å². The molecule has 1 aliphatic heterocycles. The van der Waals surface area contributed by atoms with Crippen molar-refractivity contribution in [2.75, 3.05) is 18.6 Å². The monoisotopic (exact) mass is 371 g/mol. The number of methoxy groups -OCH3 is 1. The van der Waals surface area contributed by atoms with Gasteiger partial charge in [-0.05, 0) is 30.3 Å². The first-order chi connectivity index (χ1) is 13.0. The maximum Gasteiger partial charge on any atom is 0.258 e. The maximum atomic E-state index is 14.0. The molecule has 3 aromatic rings. The Balaban J connectivity index is 1.58. The Hall–Kier alpha value is -3.29.